The van der Waals surface area contributed by atoms with Crippen LogP contribution in [-0.4, -0.2) is 36.2 Å². The van der Waals surface area contributed by atoms with Crippen LogP contribution in [0.5, 0.6) is 0 Å². The van der Waals surface area contributed by atoms with Gasteiger partial charge in [0.15, 0.2) is 0 Å². The first-order chi connectivity index (χ1) is 5.24. The zero-order valence-electron chi connectivity index (χ0n) is 7.04. The molecule has 12 heavy (non-hydrogen) atoms. The second kappa shape index (κ2) is 5.35. The minimum atomic E-state index is -0.359. The molecule has 5 heteroatoms. The third-order valence-electron chi connectivity index (χ3n) is 1.78. The molecule has 1 rings (SSSR count). The predicted molar refractivity (Wildman–Crippen MR) is 48.3 cm³/mol. The molecule has 0 aromatic carbocycles. The first-order valence-corrected chi connectivity index (χ1v) is 3.93. The van der Waals surface area contributed by atoms with E-state index in [1.807, 2.05) is 6.92 Å². The van der Waals surface area contributed by atoms with Gasteiger partial charge in [-0.2, -0.15) is 0 Å². The minimum absolute atomic E-state index is 0. The number of nitrogens with one attached hydrogen (secondary N) is 2. The van der Waals surface area contributed by atoms with Gasteiger partial charge in [-0.05, 0) is 13.3 Å². The van der Waals surface area contributed by atoms with Gasteiger partial charge in [-0.25, -0.2) is 0 Å². The van der Waals surface area contributed by atoms with Gasteiger partial charge in [0.25, 0.3) is 0 Å². The summed E-state index contributed by atoms with van der Waals surface area (Å²) in [6.07, 6.45) is 0.175. The number of hydrogen-bond acceptors (Lipinski definition) is 3. The zero-order valence-corrected chi connectivity index (χ0v) is 7.86. The minimum Gasteiger partial charge on any atom is -0.392 e. The molecule has 2 atom stereocenters. The summed E-state index contributed by atoms with van der Waals surface area (Å²) in [7, 11) is 0. The van der Waals surface area contributed by atoms with E-state index >= 15 is 0 Å². The van der Waals surface area contributed by atoms with Crippen LogP contribution in [-0.2, 0) is 4.79 Å². The topological polar surface area (TPSA) is 61.4 Å². The fraction of sp³-hybridized carbons (Fsp3) is 0.857. The van der Waals surface area contributed by atoms with Crippen LogP contribution in [0.15, 0.2) is 0 Å². The maximum atomic E-state index is 11.1. The fourth-order valence-electron chi connectivity index (χ4n) is 1.21. The summed E-state index contributed by atoms with van der Waals surface area (Å²) in [6.45, 7) is 3.05. The molecule has 0 aliphatic carbocycles. The number of hydrogen-bond donors (Lipinski definition) is 3. The molecule has 1 aliphatic heterocycles. The van der Waals surface area contributed by atoms with E-state index in [-0.39, 0.29) is 30.5 Å². The second-order valence-electron chi connectivity index (χ2n) is 2.74. The Morgan fingerprint density at radius 3 is 2.83 bits per heavy atom. The average Bonchev–Trinajstić information content (AvgIpc) is 2.36. The predicted octanol–water partition coefficient (Wildman–Crippen LogP) is -0.733. The van der Waals surface area contributed by atoms with E-state index in [0.717, 1.165) is 0 Å². The lowest BCUT2D eigenvalue weighted by molar-refractivity contribution is -0.122. The van der Waals surface area contributed by atoms with E-state index in [1.165, 1.54) is 0 Å². The van der Waals surface area contributed by atoms with E-state index in [4.69, 9.17) is 5.11 Å². The Hall–Kier alpha value is -0.320. The van der Waals surface area contributed by atoms with E-state index in [9.17, 15) is 4.79 Å². The molecule has 1 amide bonds. The number of β-amino-alcohol motifs (C(OH)–C–C–N with tert-alkyl or cyclic N) is 1. The molecule has 0 saturated carbocycles. The lowest BCUT2D eigenvalue weighted by atomic mass is 10.2. The van der Waals surface area contributed by atoms with Crippen molar-refractivity contribution in [2.45, 2.75) is 25.5 Å². The van der Waals surface area contributed by atoms with E-state index in [2.05, 4.69) is 10.6 Å². The summed E-state index contributed by atoms with van der Waals surface area (Å²) in [5.74, 6) is -0.0101. The number of aliphatic hydroxyl groups is 1. The Bertz CT molecular complexity index is 154. The Morgan fingerprint density at radius 1 is 1.75 bits per heavy atom. The van der Waals surface area contributed by atoms with Crippen LogP contribution < -0.4 is 10.6 Å². The van der Waals surface area contributed by atoms with E-state index in [0.29, 0.717) is 19.5 Å². The Morgan fingerprint density at radius 2 is 2.42 bits per heavy atom. The molecular formula is C7H15ClN2O2. The van der Waals surface area contributed by atoms with Crippen molar-refractivity contribution in [1.82, 2.24) is 10.6 Å². The van der Waals surface area contributed by atoms with Crippen molar-refractivity contribution in [3.63, 3.8) is 0 Å². The molecule has 0 aromatic rings. The summed E-state index contributed by atoms with van der Waals surface area (Å²) in [5, 5.41) is 14.7. The number of amides is 1. The van der Waals surface area contributed by atoms with Gasteiger partial charge < -0.3 is 15.7 Å². The van der Waals surface area contributed by atoms with Crippen LogP contribution >= 0.6 is 12.4 Å². The first-order valence-electron chi connectivity index (χ1n) is 3.93. The number of aliphatic hydroxyl groups excluding tert-OH is 1. The molecule has 1 heterocycles. The number of likely N-dealkylation sites (N-methyl/N-ethyl adjacent to an activating group) is 1. The summed E-state index contributed by atoms with van der Waals surface area (Å²) in [5.41, 5.74) is 0. The summed E-state index contributed by atoms with van der Waals surface area (Å²) >= 11 is 0. The molecule has 0 radical (unpaired) electrons. The molecule has 1 aliphatic rings. The van der Waals surface area contributed by atoms with Gasteiger partial charge in [0, 0.05) is 13.1 Å². The van der Waals surface area contributed by atoms with Gasteiger partial charge in [0.2, 0.25) is 5.91 Å². The van der Waals surface area contributed by atoms with Gasteiger partial charge in [-0.15, -0.1) is 12.4 Å². The molecule has 1 saturated heterocycles. The highest BCUT2D eigenvalue weighted by atomic mass is 35.5. The fourth-order valence-corrected chi connectivity index (χ4v) is 1.21. The highest BCUT2D eigenvalue weighted by molar-refractivity contribution is 5.85. The number of rotatable bonds is 2. The molecule has 0 bridgehead atoms. The number of carbonyl (C=O) groups is 1. The van der Waals surface area contributed by atoms with E-state index in [1.54, 1.807) is 0 Å². The highest BCUT2D eigenvalue weighted by Gasteiger charge is 2.27. The van der Waals surface area contributed by atoms with Crippen molar-refractivity contribution < 1.29 is 9.90 Å². The molecule has 3 N–H and O–H groups in total. The van der Waals surface area contributed by atoms with Crippen molar-refractivity contribution >= 4 is 18.3 Å². The third kappa shape index (κ3) is 2.97. The van der Waals surface area contributed by atoms with Crippen LogP contribution in [0.2, 0.25) is 0 Å². The van der Waals surface area contributed by atoms with Gasteiger partial charge in [0.05, 0.1) is 12.1 Å². The quantitative estimate of drug-likeness (QED) is 0.543. The van der Waals surface area contributed by atoms with Gasteiger partial charge >= 0.3 is 0 Å². The van der Waals surface area contributed by atoms with Crippen LogP contribution in [0.1, 0.15) is 13.3 Å². The van der Waals surface area contributed by atoms with Crippen molar-refractivity contribution in [2.24, 2.45) is 0 Å². The normalized spacial score (nSPS) is 27.8. The molecule has 4 nitrogen and oxygen atoms in total. The molecular weight excluding hydrogens is 180 g/mol. The smallest absolute Gasteiger partial charge is 0.237 e. The highest BCUT2D eigenvalue weighted by Crippen LogP contribution is 2.05. The standard InChI is InChI=1S/C7H14N2O2.ClH/c1-2-8-7(11)6-3-5(10)4-9-6;/h5-6,9-10H,2-4H2,1H3,(H,8,11);1H/t5-,6+;/m0./s1. The second-order valence-corrected chi connectivity index (χ2v) is 2.74. The van der Waals surface area contributed by atoms with Crippen LogP contribution in [0.3, 0.4) is 0 Å². The molecule has 0 unspecified atom stereocenters. The summed E-state index contributed by atoms with van der Waals surface area (Å²) in [4.78, 5) is 11.1. The molecule has 72 valence electrons. The summed E-state index contributed by atoms with van der Waals surface area (Å²) < 4.78 is 0. The average molecular weight is 195 g/mol. The van der Waals surface area contributed by atoms with Crippen LogP contribution in [0.25, 0.3) is 0 Å². The van der Waals surface area contributed by atoms with Gasteiger partial charge in [0.1, 0.15) is 0 Å². The SMILES string of the molecule is CCNC(=O)[C@H]1C[C@H](O)CN1.Cl. The first kappa shape index (κ1) is 11.7. The van der Waals surface area contributed by atoms with Crippen molar-refractivity contribution in [2.75, 3.05) is 13.1 Å². The lowest BCUT2D eigenvalue weighted by Gasteiger charge is -2.08. The van der Waals surface area contributed by atoms with Crippen molar-refractivity contribution in [3.8, 4) is 0 Å². The lowest BCUT2D eigenvalue weighted by Crippen LogP contribution is -2.40. The van der Waals surface area contributed by atoms with Crippen molar-refractivity contribution in [1.29, 1.82) is 0 Å². The van der Waals surface area contributed by atoms with Gasteiger partial charge in [-0.1, -0.05) is 0 Å². The molecule has 0 spiro atoms. The third-order valence-corrected chi connectivity index (χ3v) is 1.78. The Labute approximate surface area is 78.1 Å². The summed E-state index contributed by atoms with van der Waals surface area (Å²) in [6, 6.07) is -0.190. The van der Waals surface area contributed by atoms with Crippen LogP contribution in [0.4, 0.5) is 0 Å². The van der Waals surface area contributed by atoms with E-state index < -0.39 is 0 Å². The number of halogens is 1. The maximum absolute atomic E-state index is 11.1. The Balaban J connectivity index is 0.00000121. The van der Waals surface area contributed by atoms with Crippen molar-refractivity contribution in [3.05, 3.63) is 0 Å². The zero-order chi connectivity index (χ0) is 8.27. The Kier molecular flexibility index (Phi) is 5.20. The van der Waals surface area contributed by atoms with Gasteiger partial charge in [-0.3, -0.25) is 4.79 Å². The molecule has 0 aromatic heterocycles. The largest absolute Gasteiger partial charge is 0.392 e. The van der Waals surface area contributed by atoms with Crippen LogP contribution in [0, 0.1) is 0 Å². The number of carbonyl (C=O) groups excluding carboxylic acids is 1. The monoisotopic (exact) mass is 194 g/mol. The maximum Gasteiger partial charge on any atom is 0.237 e. The molecule has 1 fully saturated rings.